The van der Waals surface area contributed by atoms with Crippen LogP contribution in [0.4, 0.5) is 0 Å². The molecule has 114 valence electrons. The van der Waals surface area contributed by atoms with Gasteiger partial charge in [0.05, 0.1) is 0 Å². The molecule has 1 N–H and O–H groups in total. The summed E-state index contributed by atoms with van der Waals surface area (Å²) >= 11 is 0. The van der Waals surface area contributed by atoms with Gasteiger partial charge in [0.2, 0.25) is 0 Å². The summed E-state index contributed by atoms with van der Waals surface area (Å²) in [4.78, 5) is 2.41. The van der Waals surface area contributed by atoms with Gasteiger partial charge in [-0.3, -0.25) is 0 Å². The summed E-state index contributed by atoms with van der Waals surface area (Å²) in [6, 6.07) is 9.47. The lowest BCUT2D eigenvalue weighted by atomic mass is 9.86. The summed E-state index contributed by atoms with van der Waals surface area (Å²) in [6.07, 6.45) is 0. The third-order valence-corrected chi connectivity index (χ3v) is 3.70. The first kappa shape index (κ1) is 17.2. The van der Waals surface area contributed by atoms with E-state index in [1.807, 2.05) is 7.05 Å². The van der Waals surface area contributed by atoms with E-state index in [4.69, 9.17) is 0 Å². The SMILES string of the molecule is CNC(CN(C)CC(C)C)c1ccc(C(C)(C)C)cc1. The highest BCUT2D eigenvalue weighted by molar-refractivity contribution is 5.29. The lowest BCUT2D eigenvalue weighted by Gasteiger charge is -2.26. The van der Waals surface area contributed by atoms with Crippen LogP contribution < -0.4 is 5.32 Å². The largest absolute Gasteiger partial charge is 0.312 e. The van der Waals surface area contributed by atoms with Crippen molar-refractivity contribution in [2.45, 2.75) is 46.1 Å². The number of hydrogen-bond acceptors (Lipinski definition) is 2. The molecule has 1 atom stereocenters. The minimum absolute atomic E-state index is 0.224. The first-order chi connectivity index (χ1) is 9.24. The molecule has 2 heteroatoms. The lowest BCUT2D eigenvalue weighted by molar-refractivity contribution is 0.267. The lowest BCUT2D eigenvalue weighted by Crippen LogP contribution is -2.33. The molecular weight excluding hydrogens is 244 g/mol. The number of likely N-dealkylation sites (N-methyl/N-ethyl adjacent to an activating group) is 2. The molecule has 0 spiro atoms. The number of benzene rings is 1. The topological polar surface area (TPSA) is 15.3 Å². The minimum atomic E-state index is 0.224. The van der Waals surface area contributed by atoms with Gasteiger partial charge >= 0.3 is 0 Å². The summed E-state index contributed by atoms with van der Waals surface area (Å²) < 4.78 is 0. The Hall–Kier alpha value is -0.860. The van der Waals surface area contributed by atoms with Crippen molar-refractivity contribution in [3.8, 4) is 0 Å². The number of nitrogens with zero attached hydrogens (tertiary/aromatic N) is 1. The van der Waals surface area contributed by atoms with Gasteiger partial charge in [-0.15, -0.1) is 0 Å². The molecule has 1 unspecified atom stereocenters. The van der Waals surface area contributed by atoms with Gasteiger partial charge < -0.3 is 10.2 Å². The summed E-state index contributed by atoms with van der Waals surface area (Å²) in [6.45, 7) is 13.5. The van der Waals surface area contributed by atoms with Gasteiger partial charge in [0.25, 0.3) is 0 Å². The average Bonchev–Trinajstić information content (AvgIpc) is 2.34. The zero-order valence-electron chi connectivity index (χ0n) is 14.3. The minimum Gasteiger partial charge on any atom is -0.312 e. The predicted molar refractivity (Wildman–Crippen MR) is 89.3 cm³/mol. The normalized spacial score (nSPS) is 14.1. The van der Waals surface area contributed by atoms with Gasteiger partial charge in [0.1, 0.15) is 0 Å². The van der Waals surface area contributed by atoms with E-state index < -0.39 is 0 Å². The van der Waals surface area contributed by atoms with Crippen molar-refractivity contribution < 1.29 is 0 Å². The molecule has 0 radical (unpaired) electrons. The molecule has 0 saturated carbocycles. The molecule has 0 aliphatic heterocycles. The predicted octanol–water partition coefficient (Wildman–Crippen LogP) is 3.83. The fourth-order valence-corrected chi connectivity index (χ4v) is 2.59. The molecule has 0 saturated heterocycles. The Morgan fingerprint density at radius 1 is 1.05 bits per heavy atom. The Bertz CT molecular complexity index is 387. The Kier molecular flexibility index (Phi) is 6.22. The molecule has 0 amide bonds. The summed E-state index contributed by atoms with van der Waals surface area (Å²) in [5.74, 6) is 0.709. The second-order valence-electron chi connectivity index (χ2n) is 7.33. The second kappa shape index (κ2) is 7.24. The van der Waals surface area contributed by atoms with Gasteiger partial charge in [-0.25, -0.2) is 0 Å². The molecule has 0 bridgehead atoms. The van der Waals surface area contributed by atoms with E-state index in [1.165, 1.54) is 11.1 Å². The highest BCUT2D eigenvalue weighted by atomic mass is 15.1. The molecule has 1 aromatic carbocycles. The van der Waals surface area contributed by atoms with Crippen molar-refractivity contribution in [2.75, 3.05) is 27.2 Å². The Balaban J connectivity index is 2.75. The van der Waals surface area contributed by atoms with Crippen LogP contribution in [-0.2, 0) is 5.41 Å². The highest BCUT2D eigenvalue weighted by Gasteiger charge is 2.16. The maximum Gasteiger partial charge on any atom is 0.0446 e. The quantitative estimate of drug-likeness (QED) is 0.849. The van der Waals surface area contributed by atoms with E-state index in [-0.39, 0.29) is 5.41 Å². The van der Waals surface area contributed by atoms with Crippen molar-refractivity contribution >= 4 is 0 Å². The van der Waals surface area contributed by atoms with Crippen LogP contribution in [-0.4, -0.2) is 32.1 Å². The Morgan fingerprint density at radius 2 is 1.60 bits per heavy atom. The van der Waals surface area contributed by atoms with E-state index >= 15 is 0 Å². The zero-order chi connectivity index (χ0) is 15.3. The molecule has 2 nitrogen and oxygen atoms in total. The van der Waals surface area contributed by atoms with Crippen LogP contribution in [0.25, 0.3) is 0 Å². The molecule has 20 heavy (non-hydrogen) atoms. The smallest absolute Gasteiger partial charge is 0.0446 e. The van der Waals surface area contributed by atoms with Crippen molar-refractivity contribution in [1.82, 2.24) is 10.2 Å². The van der Waals surface area contributed by atoms with E-state index in [0.29, 0.717) is 12.0 Å². The maximum atomic E-state index is 3.44. The first-order valence-corrected chi connectivity index (χ1v) is 7.70. The van der Waals surface area contributed by atoms with Gasteiger partial charge in [0.15, 0.2) is 0 Å². The van der Waals surface area contributed by atoms with Crippen LogP contribution in [0.3, 0.4) is 0 Å². The Morgan fingerprint density at radius 3 is 2.00 bits per heavy atom. The fraction of sp³-hybridized carbons (Fsp3) is 0.667. The highest BCUT2D eigenvalue weighted by Crippen LogP contribution is 2.24. The average molecular weight is 276 g/mol. The van der Waals surface area contributed by atoms with Crippen LogP contribution >= 0.6 is 0 Å². The van der Waals surface area contributed by atoms with E-state index in [2.05, 4.69) is 76.1 Å². The summed E-state index contributed by atoms with van der Waals surface area (Å²) in [5.41, 5.74) is 2.99. The van der Waals surface area contributed by atoms with E-state index in [9.17, 15) is 0 Å². The van der Waals surface area contributed by atoms with Crippen LogP contribution in [0.1, 0.15) is 51.8 Å². The van der Waals surface area contributed by atoms with Gasteiger partial charge in [0, 0.05) is 19.1 Å². The van der Waals surface area contributed by atoms with Crippen molar-refractivity contribution in [2.24, 2.45) is 5.92 Å². The zero-order valence-corrected chi connectivity index (χ0v) is 14.3. The summed E-state index contributed by atoms with van der Waals surface area (Å²) in [7, 11) is 4.25. The molecule has 0 aliphatic rings. The first-order valence-electron chi connectivity index (χ1n) is 7.70. The van der Waals surface area contributed by atoms with Crippen molar-refractivity contribution in [3.05, 3.63) is 35.4 Å². The monoisotopic (exact) mass is 276 g/mol. The third kappa shape index (κ3) is 5.26. The molecule has 0 heterocycles. The maximum absolute atomic E-state index is 3.44. The molecular formula is C18H32N2. The van der Waals surface area contributed by atoms with Crippen LogP contribution in [0.15, 0.2) is 24.3 Å². The van der Waals surface area contributed by atoms with Gasteiger partial charge in [-0.1, -0.05) is 58.9 Å². The van der Waals surface area contributed by atoms with Crippen molar-refractivity contribution in [3.63, 3.8) is 0 Å². The summed E-state index contributed by atoms with van der Waals surface area (Å²) in [5, 5.41) is 3.44. The van der Waals surface area contributed by atoms with Crippen molar-refractivity contribution in [1.29, 1.82) is 0 Å². The van der Waals surface area contributed by atoms with E-state index in [0.717, 1.165) is 13.1 Å². The second-order valence-corrected chi connectivity index (χ2v) is 7.33. The van der Waals surface area contributed by atoms with Gasteiger partial charge in [-0.05, 0) is 36.6 Å². The van der Waals surface area contributed by atoms with Gasteiger partial charge in [-0.2, -0.15) is 0 Å². The Labute approximate surface area is 125 Å². The fourth-order valence-electron chi connectivity index (χ4n) is 2.59. The number of nitrogens with one attached hydrogen (secondary N) is 1. The standard InChI is InChI=1S/C18H32N2/c1-14(2)12-20(7)13-17(19-6)15-8-10-16(11-9-15)18(3,4)5/h8-11,14,17,19H,12-13H2,1-7H3. The van der Waals surface area contributed by atoms with E-state index in [1.54, 1.807) is 0 Å². The number of rotatable bonds is 6. The third-order valence-electron chi connectivity index (χ3n) is 3.70. The molecule has 0 aliphatic carbocycles. The number of hydrogen-bond donors (Lipinski definition) is 1. The van der Waals surface area contributed by atoms with Crippen LogP contribution in [0, 0.1) is 5.92 Å². The molecule has 1 aromatic rings. The molecule has 1 rings (SSSR count). The van der Waals surface area contributed by atoms with Crippen LogP contribution in [0.2, 0.25) is 0 Å². The molecule has 0 fully saturated rings. The molecule has 0 aromatic heterocycles. The van der Waals surface area contributed by atoms with Crippen LogP contribution in [0.5, 0.6) is 0 Å².